The van der Waals surface area contributed by atoms with Gasteiger partial charge in [-0.3, -0.25) is 4.99 Å². The molecule has 0 fully saturated rings. The first-order chi connectivity index (χ1) is 12.3. The van der Waals surface area contributed by atoms with Crippen LogP contribution in [0.15, 0.2) is 28.8 Å². The molecule has 2 N–H and O–H groups in total. The van der Waals surface area contributed by atoms with E-state index in [1.165, 1.54) is 4.88 Å². The molecule has 0 radical (unpaired) electrons. The molecule has 2 aromatic rings. The average Bonchev–Trinajstić information content (AvgIpc) is 3.29. The lowest BCUT2D eigenvalue weighted by atomic mass is 10.3. The van der Waals surface area contributed by atoms with Gasteiger partial charge in [-0.25, -0.2) is 0 Å². The molecule has 0 aliphatic carbocycles. The predicted octanol–water partition coefficient (Wildman–Crippen LogP) is 3.05. The van der Waals surface area contributed by atoms with Crippen molar-refractivity contribution in [1.82, 2.24) is 25.4 Å². The smallest absolute Gasteiger partial charge is 0.191 e. The number of rotatable bonds is 11. The molecule has 26 heavy (non-hydrogen) atoms. The number of thiophene rings is 1. The summed E-state index contributed by atoms with van der Waals surface area (Å²) >= 11 is 3.66. The lowest BCUT2D eigenvalue weighted by molar-refractivity contribution is 0.631. The molecular weight excluding hydrogens is 479 g/mol. The largest absolute Gasteiger partial charge is 0.356 e. The molecule has 2 heterocycles. The van der Waals surface area contributed by atoms with E-state index < -0.39 is 0 Å². The van der Waals surface area contributed by atoms with E-state index in [-0.39, 0.29) is 24.0 Å². The number of aromatic nitrogens is 3. The lowest BCUT2D eigenvalue weighted by Gasteiger charge is -2.13. The van der Waals surface area contributed by atoms with Crippen LogP contribution < -0.4 is 10.6 Å². The van der Waals surface area contributed by atoms with E-state index in [1.807, 2.05) is 11.8 Å². The second kappa shape index (κ2) is 14.3. The van der Waals surface area contributed by atoms with Crippen molar-refractivity contribution in [1.29, 1.82) is 0 Å². The zero-order chi connectivity index (χ0) is 17.7. The Morgan fingerprint density at radius 1 is 1.35 bits per heavy atom. The van der Waals surface area contributed by atoms with Gasteiger partial charge in [0.2, 0.25) is 0 Å². The van der Waals surface area contributed by atoms with E-state index in [9.17, 15) is 0 Å². The molecule has 0 spiro atoms. The van der Waals surface area contributed by atoms with Crippen LogP contribution in [0.5, 0.6) is 0 Å². The van der Waals surface area contributed by atoms with Crippen molar-refractivity contribution in [2.24, 2.45) is 4.99 Å². The van der Waals surface area contributed by atoms with Gasteiger partial charge in [-0.1, -0.05) is 13.0 Å². The zero-order valence-corrected chi connectivity index (χ0v) is 19.4. The maximum Gasteiger partial charge on any atom is 0.191 e. The normalized spacial score (nSPS) is 11.2. The van der Waals surface area contributed by atoms with Gasteiger partial charge in [0.15, 0.2) is 5.96 Å². The molecule has 6 nitrogen and oxygen atoms in total. The van der Waals surface area contributed by atoms with Crippen LogP contribution in [0.1, 0.15) is 24.0 Å². The molecule has 0 bridgehead atoms. The number of hydrogen-bond donors (Lipinski definition) is 2. The Morgan fingerprint density at radius 3 is 2.92 bits per heavy atom. The van der Waals surface area contributed by atoms with E-state index >= 15 is 0 Å². The third-order valence-electron chi connectivity index (χ3n) is 3.68. The van der Waals surface area contributed by atoms with E-state index in [2.05, 4.69) is 61.1 Å². The number of hydrogen-bond acceptors (Lipinski definition) is 5. The first-order valence-corrected chi connectivity index (χ1v) is 11.0. The zero-order valence-electron chi connectivity index (χ0n) is 15.5. The third kappa shape index (κ3) is 8.72. The van der Waals surface area contributed by atoms with Gasteiger partial charge >= 0.3 is 0 Å². The topological polar surface area (TPSA) is 67.1 Å². The van der Waals surface area contributed by atoms with Gasteiger partial charge in [-0.2, -0.15) is 11.8 Å². The Kier molecular flexibility index (Phi) is 12.8. The maximum atomic E-state index is 4.69. The van der Waals surface area contributed by atoms with E-state index in [0.29, 0.717) is 0 Å². The Hall–Kier alpha value is -0.810. The number of nitrogens with one attached hydrogen (secondary N) is 2. The van der Waals surface area contributed by atoms with Gasteiger partial charge < -0.3 is 15.2 Å². The third-order valence-corrected chi connectivity index (χ3v) is 5.31. The van der Waals surface area contributed by atoms with Gasteiger partial charge in [0, 0.05) is 37.5 Å². The quantitative estimate of drug-likeness (QED) is 0.212. The Balaban J connectivity index is 0.00000338. The molecule has 0 atom stereocenters. The summed E-state index contributed by atoms with van der Waals surface area (Å²) in [5.74, 6) is 3.06. The predicted molar refractivity (Wildman–Crippen MR) is 124 cm³/mol. The molecule has 0 amide bonds. The van der Waals surface area contributed by atoms with E-state index in [1.54, 1.807) is 17.7 Å². The van der Waals surface area contributed by atoms with Gasteiger partial charge in [-0.15, -0.1) is 45.5 Å². The van der Waals surface area contributed by atoms with Gasteiger partial charge in [0.05, 0.1) is 0 Å². The fourth-order valence-corrected chi connectivity index (χ4v) is 3.49. The summed E-state index contributed by atoms with van der Waals surface area (Å²) in [6.45, 7) is 5.48. The number of aliphatic imine (C=N–C) groups is 1. The molecule has 0 saturated heterocycles. The number of aryl methyl sites for hydroxylation is 1. The number of thioether (sulfide) groups is 1. The second-order valence-corrected chi connectivity index (χ2v) is 7.57. The molecule has 0 aromatic carbocycles. The standard InChI is InChI=1S/C17H28N6S2.HI/c1-3-16-22-21-14-23(16)11-10-20-17(18-8-5-12-24-2)19-9-7-15-6-4-13-25-15;/h4,6,13-14H,3,5,7-12H2,1-2H3,(H2,18,19,20);1H. The molecule has 0 aliphatic rings. The molecule has 0 saturated carbocycles. The summed E-state index contributed by atoms with van der Waals surface area (Å²) in [4.78, 5) is 6.08. The molecule has 146 valence electrons. The highest BCUT2D eigenvalue weighted by Gasteiger charge is 2.03. The van der Waals surface area contributed by atoms with E-state index in [4.69, 9.17) is 0 Å². The van der Waals surface area contributed by atoms with Crippen LogP contribution in [0, 0.1) is 0 Å². The van der Waals surface area contributed by atoms with Crippen LogP contribution >= 0.6 is 47.1 Å². The van der Waals surface area contributed by atoms with Gasteiger partial charge in [0.25, 0.3) is 0 Å². The lowest BCUT2D eigenvalue weighted by Crippen LogP contribution is -2.40. The van der Waals surface area contributed by atoms with Crippen molar-refractivity contribution in [2.75, 3.05) is 31.6 Å². The number of nitrogens with zero attached hydrogens (tertiary/aromatic N) is 4. The van der Waals surface area contributed by atoms with Crippen LogP contribution in [0.4, 0.5) is 0 Å². The first-order valence-electron chi connectivity index (χ1n) is 8.73. The summed E-state index contributed by atoms with van der Waals surface area (Å²) in [5, 5.41) is 17.1. The highest BCUT2D eigenvalue weighted by Crippen LogP contribution is 2.08. The van der Waals surface area contributed by atoms with Crippen molar-refractivity contribution in [3.63, 3.8) is 0 Å². The summed E-state index contributed by atoms with van der Waals surface area (Å²) in [7, 11) is 0. The Labute approximate surface area is 181 Å². The number of guanidine groups is 1. The summed E-state index contributed by atoms with van der Waals surface area (Å²) in [6, 6.07) is 4.27. The van der Waals surface area contributed by atoms with E-state index in [0.717, 1.165) is 63.0 Å². The van der Waals surface area contributed by atoms with Crippen LogP contribution in [-0.2, 0) is 19.4 Å². The minimum absolute atomic E-state index is 0. The monoisotopic (exact) mass is 508 g/mol. The molecular formula is C17H29IN6S2. The van der Waals surface area contributed by atoms with Crippen LogP contribution in [0.25, 0.3) is 0 Å². The van der Waals surface area contributed by atoms with Crippen molar-refractivity contribution in [3.8, 4) is 0 Å². The Morgan fingerprint density at radius 2 is 2.19 bits per heavy atom. The first kappa shape index (κ1) is 23.2. The minimum Gasteiger partial charge on any atom is -0.356 e. The summed E-state index contributed by atoms with van der Waals surface area (Å²) < 4.78 is 2.09. The highest BCUT2D eigenvalue weighted by atomic mass is 127. The highest BCUT2D eigenvalue weighted by molar-refractivity contribution is 14.0. The van der Waals surface area contributed by atoms with Crippen LogP contribution in [0.2, 0.25) is 0 Å². The summed E-state index contributed by atoms with van der Waals surface area (Å²) in [5.41, 5.74) is 0. The minimum atomic E-state index is 0. The Bertz CT molecular complexity index is 615. The van der Waals surface area contributed by atoms with Crippen molar-refractivity contribution in [2.45, 2.75) is 32.7 Å². The maximum absolute atomic E-state index is 4.69. The van der Waals surface area contributed by atoms with Gasteiger partial charge in [-0.05, 0) is 36.3 Å². The molecule has 0 aliphatic heterocycles. The SMILES string of the molecule is CCc1nncn1CCNC(=NCCCSC)NCCc1cccs1.I. The van der Waals surface area contributed by atoms with Crippen LogP contribution in [0.3, 0.4) is 0 Å². The number of halogens is 1. The molecule has 2 aromatic heterocycles. The van der Waals surface area contributed by atoms with Crippen molar-refractivity contribution < 1.29 is 0 Å². The van der Waals surface area contributed by atoms with Crippen molar-refractivity contribution >= 4 is 53.0 Å². The molecule has 9 heteroatoms. The molecule has 0 unspecified atom stereocenters. The molecule has 2 rings (SSSR count). The summed E-state index contributed by atoms with van der Waals surface area (Å²) in [6.07, 6.45) is 6.94. The average molecular weight is 508 g/mol. The fourth-order valence-electron chi connectivity index (χ4n) is 2.37. The van der Waals surface area contributed by atoms with Crippen molar-refractivity contribution in [3.05, 3.63) is 34.5 Å². The van der Waals surface area contributed by atoms with Gasteiger partial charge in [0.1, 0.15) is 12.2 Å². The van der Waals surface area contributed by atoms with Crippen LogP contribution in [-0.4, -0.2) is 52.4 Å². The second-order valence-electron chi connectivity index (χ2n) is 5.55. The fraction of sp³-hybridized carbons (Fsp3) is 0.588.